The molecule has 0 aliphatic heterocycles. The molecule has 0 bridgehead atoms. The van der Waals surface area contributed by atoms with E-state index < -0.39 is 0 Å². The van der Waals surface area contributed by atoms with Gasteiger partial charge in [-0.05, 0) is 48.9 Å². The van der Waals surface area contributed by atoms with Crippen molar-refractivity contribution in [3.63, 3.8) is 0 Å². The van der Waals surface area contributed by atoms with Gasteiger partial charge in [-0.2, -0.15) is 0 Å². The molecule has 0 aliphatic rings. The number of hydrogen-bond donors (Lipinski definition) is 1. The van der Waals surface area contributed by atoms with Crippen molar-refractivity contribution in [2.45, 2.75) is 13.0 Å². The molecule has 4 heteroatoms. The third kappa shape index (κ3) is 3.75. The maximum absolute atomic E-state index is 12.2. The van der Waals surface area contributed by atoms with Crippen LogP contribution in [0.25, 0.3) is 0 Å². The predicted octanol–water partition coefficient (Wildman–Crippen LogP) is 3.19. The maximum atomic E-state index is 12.2. The van der Waals surface area contributed by atoms with E-state index in [2.05, 4.69) is 5.32 Å². The standard InChI is InChI=1S/C17H19NO3/c1-12(14-5-4-6-16(11-14)21-3)18-17(19)13-7-9-15(20-2)10-8-13/h4-12H,1-3H3,(H,18,19)/t12-/m1/s1. The monoisotopic (exact) mass is 285 g/mol. The minimum atomic E-state index is -0.118. The molecule has 2 aromatic rings. The van der Waals surface area contributed by atoms with E-state index in [1.807, 2.05) is 31.2 Å². The lowest BCUT2D eigenvalue weighted by atomic mass is 10.1. The normalized spacial score (nSPS) is 11.6. The Bertz CT molecular complexity index is 608. The van der Waals surface area contributed by atoms with Gasteiger partial charge in [-0.25, -0.2) is 0 Å². The molecule has 0 fully saturated rings. The summed E-state index contributed by atoms with van der Waals surface area (Å²) in [6.07, 6.45) is 0. The molecule has 0 spiro atoms. The van der Waals surface area contributed by atoms with Gasteiger partial charge < -0.3 is 14.8 Å². The van der Waals surface area contributed by atoms with Crippen molar-refractivity contribution in [2.24, 2.45) is 0 Å². The largest absolute Gasteiger partial charge is 0.497 e. The van der Waals surface area contributed by atoms with Crippen LogP contribution in [0.3, 0.4) is 0 Å². The molecule has 1 atom stereocenters. The first-order valence-electron chi connectivity index (χ1n) is 6.73. The molecule has 0 aliphatic carbocycles. The smallest absolute Gasteiger partial charge is 0.251 e. The lowest BCUT2D eigenvalue weighted by Crippen LogP contribution is -2.26. The Morgan fingerprint density at radius 2 is 1.67 bits per heavy atom. The van der Waals surface area contributed by atoms with E-state index in [9.17, 15) is 4.79 Å². The summed E-state index contributed by atoms with van der Waals surface area (Å²) in [7, 11) is 3.22. The van der Waals surface area contributed by atoms with Gasteiger partial charge in [-0.3, -0.25) is 4.79 Å². The van der Waals surface area contributed by atoms with E-state index in [0.29, 0.717) is 5.56 Å². The molecule has 2 aromatic carbocycles. The fraction of sp³-hybridized carbons (Fsp3) is 0.235. The van der Waals surface area contributed by atoms with E-state index >= 15 is 0 Å². The molecule has 2 rings (SSSR count). The van der Waals surface area contributed by atoms with Crippen LogP contribution >= 0.6 is 0 Å². The number of ether oxygens (including phenoxy) is 2. The summed E-state index contributed by atoms with van der Waals surface area (Å²) in [6, 6.07) is 14.6. The number of rotatable bonds is 5. The van der Waals surface area contributed by atoms with Crippen LogP contribution in [-0.2, 0) is 0 Å². The number of methoxy groups -OCH3 is 2. The Morgan fingerprint density at radius 3 is 2.29 bits per heavy atom. The van der Waals surface area contributed by atoms with E-state index in [4.69, 9.17) is 9.47 Å². The minimum absolute atomic E-state index is 0.102. The van der Waals surface area contributed by atoms with Crippen LogP contribution in [0.2, 0.25) is 0 Å². The zero-order valence-corrected chi connectivity index (χ0v) is 12.4. The molecule has 0 saturated heterocycles. The van der Waals surface area contributed by atoms with Crippen molar-refractivity contribution in [1.82, 2.24) is 5.32 Å². The molecule has 1 N–H and O–H groups in total. The van der Waals surface area contributed by atoms with Crippen LogP contribution in [0.15, 0.2) is 48.5 Å². The molecule has 0 heterocycles. The fourth-order valence-electron chi connectivity index (χ4n) is 2.02. The van der Waals surface area contributed by atoms with E-state index in [0.717, 1.165) is 17.1 Å². The molecular formula is C17H19NO3. The van der Waals surface area contributed by atoms with Gasteiger partial charge >= 0.3 is 0 Å². The average Bonchev–Trinajstić information content (AvgIpc) is 2.54. The highest BCUT2D eigenvalue weighted by Crippen LogP contribution is 2.19. The van der Waals surface area contributed by atoms with Crippen molar-refractivity contribution < 1.29 is 14.3 Å². The molecule has 0 aromatic heterocycles. The molecule has 21 heavy (non-hydrogen) atoms. The Kier molecular flexibility index (Phi) is 4.82. The Labute approximate surface area is 124 Å². The molecule has 1 amide bonds. The van der Waals surface area contributed by atoms with Gasteiger partial charge in [0.15, 0.2) is 0 Å². The van der Waals surface area contributed by atoms with Crippen molar-refractivity contribution in [3.05, 3.63) is 59.7 Å². The highest BCUT2D eigenvalue weighted by atomic mass is 16.5. The molecule has 0 saturated carbocycles. The SMILES string of the molecule is COc1ccc(C(=O)N[C@H](C)c2cccc(OC)c2)cc1. The van der Waals surface area contributed by atoms with Gasteiger partial charge in [0.25, 0.3) is 5.91 Å². The first kappa shape index (κ1) is 14.9. The Hall–Kier alpha value is -2.49. The summed E-state index contributed by atoms with van der Waals surface area (Å²) in [5, 5.41) is 2.97. The summed E-state index contributed by atoms with van der Waals surface area (Å²) < 4.78 is 10.3. The summed E-state index contributed by atoms with van der Waals surface area (Å²) in [6.45, 7) is 1.94. The summed E-state index contributed by atoms with van der Waals surface area (Å²) in [5.74, 6) is 1.39. The van der Waals surface area contributed by atoms with Crippen LogP contribution < -0.4 is 14.8 Å². The van der Waals surface area contributed by atoms with Crippen LogP contribution in [0.5, 0.6) is 11.5 Å². The first-order chi connectivity index (χ1) is 10.1. The van der Waals surface area contributed by atoms with Crippen LogP contribution in [0.1, 0.15) is 28.9 Å². The van der Waals surface area contributed by atoms with Gasteiger partial charge in [0.05, 0.1) is 20.3 Å². The number of carbonyl (C=O) groups is 1. The van der Waals surface area contributed by atoms with E-state index in [-0.39, 0.29) is 11.9 Å². The van der Waals surface area contributed by atoms with Gasteiger partial charge in [-0.15, -0.1) is 0 Å². The van der Waals surface area contributed by atoms with Crippen LogP contribution in [-0.4, -0.2) is 20.1 Å². The summed E-state index contributed by atoms with van der Waals surface area (Å²) in [5.41, 5.74) is 1.60. The van der Waals surface area contributed by atoms with Crippen molar-refractivity contribution in [2.75, 3.05) is 14.2 Å². The fourth-order valence-corrected chi connectivity index (χ4v) is 2.02. The molecular weight excluding hydrogens is 266 g/mol. The Balaban J connectivity index is 2.06. The van der Waals surface area contributed by atoms with Gasteiger partial charge in [0, 0.05) is 5.56 Å². The lowest BCUT2D eigenvalue weighted by Gasteiger charge is -2.15. The number of carbonyl (C=O) groups excluding carboxylic acids is 1. The van der Waals surface area contributed by atoms with Crippen molar-refractivity contribution >= 4 is 5.91 Å². The highest BCUT2D eigenvalue weighted by molar-refractivity contribution is 5.94. The lowest BCUT2D eigenvalue weighted by molar-refractivity contribution is 0.0940. The number of hydrogen-bond acceptors (Lipinski definition) is 3. The first-order valence-corrected chi connectivity index (χ1v) is 6.73. The van der Waals surface area contributed by atoms with Gasteiger partial charge in [0.2, 0.25) is 0 Å². The molecule has 0 radical (unpaired) electrons. The predicted molar refractivity (Wildman–Crippen MR) is 81.9 cm³/mol. The number of benzene rings is 2. The minimum Gasteiger partial charge on any atom is -0.497 e. The van der Waals surface area contributed by atoms with Crippen molar-refractivity contribution in [3.8, 4) is 11.5 Å². The third-order valence-electron chi connectivity index (χ3n) is 3.29. The number of amides is 1. The average molecular weight is 285 g/mol. The highest BCUT2D eigenvalue weighted by Gasteiger charge is 2.12. The van der Waals surface area contributed by atoms with E-state index in [1.165, 1.54) is 0 Å². The second kappa shape index (κ2) is 6.79. The third-order valence-corrected chi connectivity index (χ3v) is 3.29. The van der Waals surface area contributed by atoms with Crippen LogP contribution in [0, 0.1) is 0 Å². The zero-order valence-electron chi connectivity index (χ0n) is 12.4. The van der Waals surface area contributed by atoms with E-state index in [1.54, 1.807) is 38.5 Å². The second-order valence-corrected chi connectivity index (χ2v) is 4.70. The molecule has 110 valence electrons. The van der Waals surface area contributed by atoms with Gasteiger partial charge in [0.1, 0.15) is 11.5 Å². The quantitative estimate of drug-likeness (QED) is 0.917. The summed E-state index contributed by atoms with van der Waals surface area (Å²) in [4.78, 5) is 12.2. The van der Waals surface area contributed by atoms with Crippen molar-refractivity contribution in [1.29, 1.82) is 0 Å². The van der Waals surface area contributed by atoms with Crippen LogP contribution in [0.4, 0.5) is 0 Å². The number of nitrogens with one attached hydrogen (secondary N) is 1. The summed E-state index contributed by atoms with van der Waals surface area (Å²) >= 11 is 0. The Morgan fingerprint density at radius 1 is 1.00 bits per heavy atom. The van der Waals surface area contributed by atoms with Gasteiger partial charge in [-0.1, -0.05) is 12.1 Å². The second-order valence-electron chi connectivity index (χ2n) is 4.70. The maximum Gasteiger partial charge on any atom is 0.251 e. The molecule has 4 nitrogen and oxygen atoms in total. The zero-order chi connectivity index (χ0) is 15.2. The molecule has 0 unspecified atom stereocenters. The topological polar surface area (TPSA) is 47.6 Å².